The van der Waals surface area contributed by atoms with E-state index in [-0.39, 0.29) is 21.8 Å². The lowest BCUT2D eigenvalue weighted by atomic mass is 9.60. The normalized spacial score (nSPS) is 44.2. The number of ether oxygens (including phenoxy) is 2. The summed E-state index contributed by atoms with van der Waals surface area (Å²) >= 11 is 0. The third-order valence-electron chi connectivity index (χ3n) is 11.4. The number of fused-ring (bicyclic) bond motifs is 4. The Morgan fingerprint density at radius 1 is 1.03 bits per heavy atom. The van der Waals surface area contributed by atoms with Crippen LogP contribution in [0.2, 0.25) is 37.8 Å². The lowest BCUT2D eigenvalue weighted by molar-refractivity contribution is -0.257. The monoisotopic (exact) mass is 568 g/mol. The highest BCUT2D eigenvalue weighted by Gasteiger charge is 2.79. The minimum absolute atomic E-state index is 0.161. The fourth-order valence-corrected chi connectivity index (χ4v) is 11.3. The first-order valence-corrected chi connectivity index (χ1v) is 21.8. The van der Waals surface area contributed by atoms with E-state index >= 15 is 0 Å². The van der Waals surface area contributed by atoms with E-state index < -0.39 is 16.6 Å². The van der Waals surface area contributed by atoms with Crippen molar-refractivity contribution in [3.05, 3.63) is 41.5 Å². The van der Waals surface area contributed by atoms with Crippen LogP contribution in [0, 0.1) is 23.7 Å². The van der Waals surface area contributed by atoms with Crippen molar-refractivity contribution in [3.8, 4) is 0 Å². The molecule has 0 amide bonds. The van der Waals surface area contributed by atoms with Crippen molar-refractivity contribution < 1.29 is 18.3 Å². The SMILES string of the molecule is C[C@@H]1C[C@H]2[C@]34O[C@@](CO[Si](C)(C)C(C)(C)C)(C[C@H]3[C@H]3O[C@H]3C[C@@H]4C)C[C@]2(O[Si](C)(C)C)C1=Cc1ccccc1. The van der Waals surface area contributed by atoms with Gasteiger partial charge in [-0.15, -0.1) is 0 Å². The summed E-state index contributed by atoms with van der Waals surface area (Å²) < 4.78 is 28.7. The van der Waals surface area contributed by atoms with Gasteiger partial charge in [-0.2, -0.15) is 0 Å². The van der Waals surface area contributed by atoms with E-state index in [2.05, 4.69) is 104 Å². The lowest BCUT2D eigenvalue weighted by Gasteiger charge is -2.59. The molecule has 6 rings (SSSR count). The van der Waals surface area contributed by atoms with Crippen LogP contribution >= 0.6 is 0 Å². The second-order valence-corrected chi connectivity index (χ2v) is 25.5. The Hall–Kier alpha value is -0.766. The summed E-state index contributed by atoms with van der Waals surface area (Å²) in [7, 11) is -3.89. The van der Waals surface area contributed by atoms with E-state index in [1.807, 2.05) is 0 Å². The molecule has 5 aliphatic rings. The molecule has 4 nitrogen and oxygen atoms in total. The molecule has 9 atom stereocenters. The van der Waals surface area contributed by atoms with Crippen molar-refractivity contribution in [2.45, 2.75) is 127 Å². The van der Waals surface area contributed by atoms with Gasteiger partial charge in [-0.25, -0.2) is 0 Å². The molecule has 2 saturated carbocycles. The molecular formula is C33H52O4Si2. The second kappa shape index (κ2) is 8.87. The van der Waals surface area contributed by atoms with Crippen molar-refractivity contribution in [2.24, 2.45) is 23.7 Å². The van der Waals surface area contributed by atoms with Crippen LogP contribution in [0.15, 0.2) is 35.9 Å². The molecule has 0 unspecified atom stereocenters. The third kappa shape index (κ3) is 4.42. The summed E-state index contributed by atoms with van der Waals surface area (Å²) in [6.45, 7) is 24.4. The maximum Gasteiger partial charge on any atom is 0.192 e. The van der Waals surface area contributed by atoms with Gasteiger partial charge in [0.1, 0.15) is 0 Å². The van der Waals surface area contributed by atoms with E-state index in [9.17, 15) is 0 Å². The van der Waals surface area contributed by atoms with Crippen molar-refractivity contribution in [2.75, 3.05) is 6.61 Å². The summed E-state index contributed by atoms with van der Waals surface area (Å²) in [5.74, 6) is 1.66. The third-order valence-corrected chi connectivity index (χ3v) is 16.8. The highest BCUT2D eigenvalue weighted by molar-refractivity contribution is 6.74. The van der Waals surface area contributed by atoms with E-state index in [1.165, 1.54) is 11.1 Å². The molecule has 1 spiro atoms. The van der Waals surface area contributed by atoms with Crippen LogP contribution in [0.5, 0.6) is 0 Å². The number of rotatable bonds is 6. The van der Waals surface area contributed by atoms with Crippen LogP contribution < -0.4 is 0 Å². The zero-order valence-corrected chi connectivity index (χ0v) is 28.1. The minimum atomic E-state index is -1.96. The molecule has 3 heterocycles. The van der Waals surface area contributed by atoms with Gasteiger partial charge < -0.3 is 18.3 Å². The molecule has 3 aliphatic heterocycles. The van der Waals surface area contributed by atoms with Crippen LogP contribution in [-0.4, -0.2) is 52.3 Å². The summed E-state index contributed by atoms with van der Waals surface area (Å²) in [6, 6.07) is 10.9. The quantitative estimate of drug-likeness (QED) is 0.257. The Labute approximate surface area is 239 Å². The van der Waals surface area contributed by atoms with E-state index in [0.717, 1.165) is 25.7 Å². The Kier molecular flexibility index (Phi) is 6.45. The van der Waals surface area contributed by atoms with E-state index in [4.69, 9.17) is 18.3 Å². The van der Waals surface area contributed by atoms with Gasteiger partial charge in [-0.05, 0) is 80.0 Å². The van der Waals surface area contributed by atoms with Crippen molar-refractivity contribution in [3.63, 3.8) is 0 Å². The van der Waals surface area contributed by atoms with Crippen LogP contribution in [0.4, 0.5) is 0 Å². The predicted octanol–water partition coefficient (Wildman–Crippen LogP) is 8.06. The molecule has 0 aromatic heterocycles. The average Bonchev–Trinajstić information content (AvgIpc) is 3.45. The molecule has 1 aromatic carbocycles. The standard InChI is InChI=1S/C33H52O4Si2/c1-22-16-28-32(37-38(6,7)8,25(22)18-24-14-12-11-13-15-24)20-31(21-34-39(9,10)30(3,4)5)19-26-29-27(35-29)17-23(2)33(26,28)36-31/h11-15,18,22-23,26-29H,16-17,19-21H2,1-10H3/t22-,23+,26+,27+,28-,29-,31+,32+,33-/m1/s1. The van der Waals surface area contributed by atoms with Crippen LogP contribution in [-0.2, 0) is 18.3 Å². The van der Waals surface area contributed by atoms with E-state index in [1.54, 1.807) is 0 Å². The molecule has 0 N–H and O–H groups in total. The van der Waals surface area contributed by atoms with Gasteiger partial charge in [0.2, 0.25) is 0 Å². The molecule has 216 valence electrons. The zero-order valence-electron chi connectivity index (χ0n) is 26.1. The molecule has 6 heteroatoms. The number of hydrogen-bond donors (Lipinski definition) is 0. The first-order chi connectivity index (χ1) is 18.0. The average molecular weight is 569 g/mol. The maximum atomic E-state index is 7.62. The van der Waals surface area contributed by atoms with Gasteiger partial charge in [-0.3, -0.25) is 0 Å². The Morgan fingerprint density at radius 2 is 1.72 bits per heavy atom. The van der Waals surface area contributed by atoms with Crippen molar-refractivity contribution in [1.82, 2.24) is 0 Å². The highest BCUT2D eigenvalue weighted by atomic mass is 28.4. The maximum absolute atomic E-state index is 7.62. The van der Waals surface area contributed by atoms with Gasteiger partial charge in [0.25, 0.3) is 0 Å². The smallest absolute Gasteiger partial charge is 0.192 e. The minimum Gasteiger partial charge on any atom is -0.414 e. The first-order valence-electron chi connectivity index (χ1n) is 15.5. The van der Waals surface area contributed by atoms with Gasteiger partial charge in [0.05, 0.1) is 35.6 Å². The number of epoxide rings is 1. The molecule has 3 saturated heterocycles. The van der Waals surface area contributed by atoms with Crippen LogP contribution in [0.3, 0.4) is 0 Å². The van der Waals surface area contributed by atoms with Crippen molar-refractivity contribution in [1.29, 1.82) is 0 Å². The molecule has 39 heavy (non-hydrogen) atoms. The van der Waals surface area contributed by atoms with Gasteiger partial charge in [0.15, 0.2) is 16.6 Å². The number of benzene rings is 1. The molecule has 0 radical (unpaired) electrons. The molecule has 1 aromatic rings. The van der Waals surface area contributed by atoms with Gasteiger partial charge >= 0.3 is 0 Å². The first kappa shape index (κ1) is 28.4. The summed E-state index contributed by atoms with van der Waals surface area (Å²) in [5, 5.41) is 0.161. The Morgan fingerprint density at radius 3 is 2.36 bits per heavy atom. The van der Waals surface area contributed by atoms with Crippen LogP contribution in [0.1, 0.15) is 65.9 Å². The van der Waals surface area contributed by atoms with Crippen molar-refractivity contribution >= 4 is 22.7 Å². The largest absolute Gasteiger partial charge is 0.414 e. The molecular weight excluding hydrogens is 517 g/mol. The van der Waals surface area contributed by atoms with Crippen LogP contribution in [0.25, 0.3) is 6.08 Å². The Balaban J connectivity index is 1.50. The van der Waals surface area contributed by atoms with Gasteiger partial charge in [-0.1, -0.05) is 71.0 Å². The highest BCUT2D eigenvalue weighted by Crippen LogP contribution is 2.72. The van der Waals surface area contributed by atoms with E-state index in [0.29, 0.717) is 42.5 Å². The second-order valence-electron chi connectivity index (χ2n) is 16.3. The van der Waals surface area contributed by atoms with Gasteiger partial charge in [0, 0.05) is 18.3 Å². The predicted molar refractivity (Wildman–Crippen MR) is 164 cm³/mol. The zero-order chi connectivity index (χ0) is 28.2. The summed E-state index contributed by atoms with van der Waals surface area (Å²) in [5.41, 5.74) is 1.89. The summed E-state index contributed by atoms with van der Waals surface area (Å²) in [4.78, 5) is 0. The fourth-order valence-electron chi connectivity index (χ4n) is 8.82. The lowest BCUT2D eigenvalue weighted by Crippen LogP contribution is -2.67. The Bertz CT molecular complexity index is 1140. The molecule has 5 fully saturated rings. The fraction of sp³-hybridized carbons (Fsp3) is 0.758. The topological polar surface area (TPSA) is 40.2 Å². The molecule has 2 aliphatic carbocycles. The molecule has 2 bridgehead atoms. The summed E-state index contributed by atoms with van der Waals surface area (Å²) in [6.07, 6.45) is 7.40. The number of hydrogen-bond acceptors (Lipinski definition) is 4.